The van der Waals surface area contributed by atoms with E-state index < -0.39 is 0 Å². The van der Waals surface area contributed by atoms with E-state index in [1.807, 2.05) is 0 Å². The Labute approximate surface area is 115 Å². The Morgan fingerprint density at radius 3 is 2.50 bits per heavy atom. The second-order valence-corrected chi connectivity index (χ2v) is 6.20. The van der Waals surface area contributed by atoms with Crippen LogP contribution in [0.1, 0.15) is 19.8 Å². The molecule has 2 fully saturated rings. The summed E-state index contributed by atoms with van der Waals surface area (Å²) in [6.45, 7) is 7.17. The van der Waals surface area contributed by atoms with E-state index in [4.69, 9.17) is 22.1 Å². The molecule has 3 atom stereocenters. The van der Waals surface area contributed by atoms with Crippen molar-refractivity contribution in [1.29, 1.82) is 0 Å². The zero-order chi connectivity index (χ0) is 13.1. The average Bonchev–Trinajstić information content (AvgIpc) is 2.35. The fourth-order valence-corrected chi connectivity index (χ4v) is 3.32. The van der Waals surface area contributed by atoms with Gasteiger partial charge in [0.25, 0.3) is 0 Å². The Morgan fingerprint density at radius 1 is 1.28 bits per heavy atom. The number of alkyl halides is 1. The lowest BCUT2D eigenvalue weighted by Gasteiger charge is -2.42. The first-order valence-corrected chi connectivity index (χ1v) is 7.49. The second kappa shape index (κ2) is 6.53. The number of piperidine rings is 2. The molecule has 2 heterocycles. The van der Waals surface area contributed by atoms with Gasteiger partial charge in [0.15, 0.2) is 0 Å². The van der Waals surface area contributed by atoms with Crippen molar-refractivity contribution >= 4 is 11.6 Å². The summed E-state index contributed by atoms with van der Waals surface area (Å²) in [6.07, 6.45) is 2.55. The lowest BCUT2D eigenvalue weighted by Crippen LogP contribution is -2.59. The molecule has 5 heteroatoms. The average molecular weight is 276 g/mol. The lowest BCUT2D eigenvalue weighted by molar-refractivity contribution is -0.0689. The molecule has 0 aromatic heterocycles. The monoisotopic (exact) mass is 275 g/mol. The Kier molecular flexibility index (Phi) is 5.27. The molecule has 18 heavy (non-hydrogen) atoms. The summed E-state index contributed by atoms with van der Waals surface area (Å²) >= 11 is 6.44. The van der Waals surface area contributed by atoms with Crippen LogP contribution in [0.3, 0.4) is 0 Å². The fraction of sp³-hybridized carbons (Fsp3) is 1.00. The standard InChI is InChI=1S/C13H26ClN3O/c1-3-17-8-11(14)13(12(15)9-17)18-10-4-6-16(2)7-5-10/h10-13H,3-9,15H2,1-2H3. The normalized spacial score (nSPS) is 37.0. The molecule has 0 radical (unpaired) electrons. The van der Waals surface area contributed by atoms with Crippen LogP contribution in [0, 0.1) is 0 Å². The van der Waals surface area contributed by atoms with Crippen molar-refractivity contribution < 1.29 is 4.74 Å². The van der Waals surface area contributed by atoms with Gasteiger partial charge in [0.05, 0.1) is 17.6 Å². The van der Waals surface area contributed by atoms with E-state index in [0.29, 0.717) is 6.10 Å². The molecule has 106 valence electrons. The predicted octanol–water partition coefficient (Wildman–Crippen LogP) is 0.736. The first-order valence-electron chi connectivity index (χ1n) is 7.06. The molecule has 2 rings (SSSR count). The zero-order valence-electron chi connectivity index (χ0n) is 11.5. The maximum absolute atomic E-state index is 6.44. The van der Waals surface area contributed by atoms with E-state index in [1.54, 1.807) is 0 Å². The van der Waals surface area contributed by atoms with Crippen LogP contribution in [0.5, 0.6) is 0 Å². The van der Waals surface area contributed by atoms with Gasteiger partial charge in [0, 0.05) is 32.2 Å². The zero-order valence-corrected chi connectivity index (χ0v) is 12.3. The fourth-order valence-electron chi connectivity index (χ4n) is 2.88. The van der Waals surface area contributed by atoms with E-state index in [-0.39, 0.29) is 17.5 Å². The van der Waals surface area contributed by atoms with Crippen molar-refractivity contribution in [2.45, 2.75) is 43.4 Å². The number of halogens is 1. The van der Waals surface area contributed by atoms with Gasteiger partial charge in [-0.15, -0.1) is 11.6 Å². The van der Waals surface area contributed by atoms with Gasteiger partial charge in [-0.2, -0.15) is 0 Å². The molecule has 2 aliphatic rings. The van der Waals surface area contributed by atoms with Crippen LogP contribution in [0.2, 0.25) is 0 Å². The molecule has 0 aromatic rings. The van der Waals surface area contributed by atoms with Crippen molar-refractivity contribution in [3.63, 3.8) is 0 Å². The summed E-state index contributed by atoms with van der Waals surface area (Å²) in [7, 11) is 2.16. The third-order valence-corrected chi connectivity index (χ3v) is 4.53. The third kappa shape index (κ3) is 3.58. The number of nitrogens with two attached hydrogens (primary N) is 1. The minimum absolute atomic E-state index is 0.0165. The summed E-state index contributed by atoms with van der Waals surface area (Å²) in [5.74, 6) is 0. The summed E-state index contributed by atoms with van der Waals surface area (Å²) in [5, 5.41) is 0.0216. The highest BCUT2D eigenvalue weighted by Crippen LogP contribution is 2.23. The molecule has 0 aromatic carbocycles. The van der Waals surface area contributed by atoms with E-state index in [0.717, 1.165) is 45.6 Å². The number of likely N-dealkylation sites (tertiary alicyclic amines) is 2. The van der Waals surface area contributed by atoms with Crippen LogP contribution in [0.25, 0.3) is 0 Å². The van der Waals surface area contributed by atoms with Gasteiger partial charge in [-0.1, -0.05) is 6.92 Å². The molecular formula is C13H26ClN3O. The van der Waals surface area contributed by atoms with Crippen LogP contribution in [0.4, 0.5) is 0 Å². The first kappa shape index (κ1) is 14.5. The largest absolute Gasteiger partial charge is 0.372 e. The van der Waals surface area contributed by atoms with E-state index in [1.165, 1.54) is 0 Å². The first-order chi connectivity index (χ1) is 8.60. The molecule has 0 spiro atoms. The van der Waals surface area contributed by atoms with Crippen LogP contribution in [-0.4, -0.2) is 73.2 Å². The SMILES string of the molecule is CCN1CC(N)C(OC2CCN(C)CC2)C(Cl)C1. The van der Waals surface area contributed by atoms with Gasteiger partial charge in [-0.05, 0) is 26.4 Å². The molecule has 0 saturated carbocycles. The topological polar surface area (TPSA) is 41.7 Å². The number of ether oxygens (including phenoxy) is 1. The maximum atomic E-state index is 6.44. The molecule has 2 aliphatic heterocycles. The number of hydrogen-bond acceptors (Lipinski definition) is 4. The summed E-state index contributed by atoms with van der Waals surface area (Å²) < 4.78 is 6.19. The van der Waals surface area contributed by atoms with Crippen LogP contribution in [0.15, 0.2) is 0 Å². The minimum Gasteiger partial charge on any atom is -0.372 e. The van der Waals surface area contributed by atoms with Crippen LogP contribution < -0.4 is 5.73 Å². The third-order valence-electron chi connectivity index (χ3n) is 4.14. The molecule has 0 amide bonds. The van der Waals surface area contributed by atoms with E-state index in [2.05, 4.69) is 23.8 Å². The molecule has 3 unspecified atom stereocenters. The molecule has 4 nitrogen and oxygen atoms in total. The smallest absolute Gasteiger partial charge is 0.0917 e. The molecular weight excluding hydrogens is 250 g/mol. The Hall–Kier alpha value is 0.130. The number of hydrogen-bond donors (Lipinski definition) is 1. The van der Waals surface area contributed by atoms with Gasteiger partial charge in [-0.3, -0.25) is 0 Å². The van der Waals surface area contributed by atoms with Gasteiger partial charge >= 0.3 is 0 Å². The van der Waals surface area contributed by atoms with Crippen molar-refractivity contribution in [2.75, 3.05) is 39.8 Å². The molecule has 0 bridgehead atoms. The van der Waals surface area contributed by atoms with Crippen molar-refractivity contribution in [3.05, 3.63) is 0 Å². The van der Waals surface area contributed by atoms with Gasteiger partial charge in [0.2, 0.25) is 0 Å². The summed E-state index contributed by atoms with van der Waals surface area (Å²) in [4.78, 5) is 4.65. The second-order valence-electron chi connectivity index (χ2n) is 5.64. The Morgan fingerprint density at radius 2 is 1.94 bits per heavy atom. The predicted molar refractivity (Wildman–Crippen MR) is 75.1 cm³/mol. The highest BCUT2D eigenvalue weighted by molar-refractivity contribution is 6.21. The Balaban J connectivity index is 1.84. The lowest BCUT2D eigenvalue weighted by atomic mass is 10.0. The van der Waals surface area contributed by atoms with Crippen molar-refractivity contribution in [1.82, 2.24) is 9.80 Å². The maximum Gasteiger partial charge on any atom is 0.0917 e. The van der Waals surface area contributed by atoms with Crippen molar-refractivity contribution in [2.24, 2.45) is 5.73 Å². The number of likely N-dealkylation sites (N-methyl/N-ethyl adjacent to an activating group) is 1. The summed E-state index contributed by atoms with van der Waals surface area (Å²) in [5.41, 5.74) is 6.22. The molecule has 0 aliphatic carbocycles. The number of rotatable bonds is 3. The highest BCUT2D eigenvalue weighted by Gasteiger charge is 2.36. The van der Waals surface area contributed by atoms with E-state index >= 15 is 0 Å². The van der Waals surface area contributed by atoms with Gasteiger partial charge < -0.3 is 20.3 Å². The Bertz CT molecular complexity index is 247. The molecule has 2 saturated heterocycles. The van der Waals surface area contributed by atoms with Crippen molar-refractivity contribution in [3.8, 4) is 0 Å². The van der Waals surface area contributed by atoms with Gasteiger partial charge in [0.1, 0.15) is 0 Å². The van der Waals surface area contributed by atoms with Gasteiger partial charge in [-0.25, -0.2) is 0 Å². The van der Waals surface area contributed by atoms with Crippen LogP contribution >= 0.6 is 11.6 Å². The van der Waals surface area contributed by atoms with Crippen LogP contribution in [-0.2, 0) is 4.74 Å². The van der Waals surface area contributed by atoms with E-state index in [9.17, 15) is 0 Å². The summed E-state index contributed by atoms with van der Waals surface area (Å²) in [6, 6.07) is 0.0425. The minimum atomic E-state index is 0.0165. The number of nitrogens with zero attached hydrogens (tertiary/aromatic N) is 2. The quantitative estimate of drug-likeness (QED) is 0.772. The molecule has 2 N–H and O–H groups in total. The highest BCUT2D eigenvalue weighted by atomic mass is 35.5.